The molecule has 0 aromatic heterocycles. The molecular formula is C17H25N3O3S. The summed E-state index contributed by atoms with van der Waals surface area (Å²) in [5.74, 6) is -0.229. The van der Waals surface area contributed by atoms with Gasteiger partial charge in [0.25, 0.3) is 10.2 Å². The quantitative estimate of drug-likeness (QED) is 0.829. The topological polar surface area (TPSA) is 60.9 Å². The molecule has 0 aliphatic carbocycles. The van der Waals surface area contributed by atoms with Crippen molar-refractivity contribution in [1.29, 1.82) is 0 Å². The summed E-state index contributed by atoms with van der Waals surface area (Å²) in [6, 6.07) is 8.10. The molecule has 0 unspecified atom stereocenters. The fourth-order valence-corrected chi connectivity index (χ4v) is 4.87. The van der Waals surface area contributed by atoms with Crippen LogP contribution in [0.5, 0.6) is 0 Å². The summed E-state index contributed by atoms with van der Waals surface area (Å²) in [4.78, 5) is 15.0. The Hall–Kier alpha value is -1.44. The van der Waals surface area contributed by atoms with Crippen LogP contribution in [0.4, 0.5) is 5.69 Å². The zero-order chi connectivity index (χ0) is 17.5. The molecule has 7 heteroatoms. The molecule has 0 bridgehead atoms. The SMILES string of the molecule is C[C@H]1Cc2ccccc2N1C(=O)[C@@H]1CCCN(S(=O)(=O)N(C)C)C1. The van der Waals surface area contributed by atoms with E-state index in [1.807, 2.05) is 23.1 Å². The summed E-state index contributed by atoms with van der Waals surface area (Å²) in [5.41, 5.74) is 2.16. The van der Waals surface area contributed by atoms with Crippen LogP contribution in [0, 0.1) is 5.92 Å². The third kappa shape index (κ3) is 2.96. The largest absolute Gasteiger partial charge is 0.309 e. The number of carbonyl (C=O) groups is 1. The van der Waals surface area contributed by atoms with Crippen molar-refractivity contribution in [2.24, 2.45) is 5.92 Å². The second-order valence-corrected chi connectivity index (χ2v) is 9.02. The van der Waals surface area contributed by atoms with Crippen LogP contribution in [0.15, 0.2) is 24.3 Å². The Morgan fingerprint density at radius 3 is 2.67 bits per heavy atom. The fourth-order valence-electron chi connectivity index (χ4n) is 3.68. The van der Waals surface area contributed by atoms with Crippen LogP contribution in [-0.4, -0.2) is 56.2 Å². The number of hydrogen-bond donors (Lipinski definition) is 0. The summed E-state index contributed by atoms with van der Waals surface area (Å²) in [6.07, 6.45) is 2.31. The highest BCUT2D eigenvalue weighted by Crippen LogP contribution is 2.34. The van der Waals surface area contributed by atoms with Gasteiger partial charge in [-0.05, 0) is 37.8 Å². The number of para-hydroxylation sites is 1. The lowest BCUT2D eigenvalue weighted by molar-refractivity contribution is -0.123. The Morgan fingerprint density at radius 2 is 1.96 bits per heavy atom. The molecule has 24 heavy (non-hydrogen) atoms. The fraction of sp³-hybridized carbons (Fsp3) is 0.588. The standard InChI is InChI=1S/C17H25N3O3S/c1-13-11-14-7-4-5-9-16(14)20(13)17(21)15-8-6-10-19(12-15)24(22,23)18(2)3/h4-5,7,9,13,15H,6,8,10-12H2,1-3H3/t13-,15+/m0/s1. The van der Waals surface area contributed by atoms with E-state index in [2.05, 4.69) is 13.0 Å². The number of hydrogen-bond acceptors (Lipinski definition) is 3. The molecule has 2 atom stereocenters. The molecule has 1 amide bonds. The number of anilines is 1. The number of carbonyl (C=O) groups excluding carboxylic acids is 1. The van der Waals surface area contributed by atoms with E-state index in [0.717, 1.165) is 18.5 Å². The van der Waals surface area contributed by atoms with Crippen molar-refractivity contribution < 1.29 is 13.2 Å². The predicted molar refractivity (Wildman–Crippen MR) is 94.0 cm³/mol. The summed E-state index contributed by atoms with van der Waals surface area (Å²) in [5, 5.41) is 0. The van der Waals surface area contributed by atoms with E-state index in [1.54, 1.807) is 0 Å². The van der Waals surface area contributed by atoms with Crippen LogP contribution in [0.2, 0.25) is 0 Å². The first-order chi connectivity index (χ1) is 11.3. The number of nitrogens with zero attached hydrogens (tertiary/aromatic N) is 3. The maximum Gasteiger partial charge on any atom is 0.281 e. The van der Waals surface area contributed by atoms with E-state index in [4.69, 9.17) is 0 Å². The average molecular weight is 351 g/mol. The van der Waals surface area contributed by atoms with Crippen molar-refractivity contribution in [2.45, 2.75) is 32.2 Å². The summed E-state index contributed by atoms with van der Waals surface area (Å²) in [7, 11) is -0.413. The van der Waals surface area contributed by atoms with Crippen LogP contribution in [0.1, 0.15) is 25.3 Å². The molecule has 3 rings (SSSR count). The molecule has 1 aromatic carbocycles. The molecule has 2 aliphatic heterocycles. The molecule has 2 heterocycles. The molecule has 6 nitrogen and oxygen atoms in total. The minimum atomic E-state index is -3.47. The molecule has 0 N–H and O–H groups in total. The lowest BCUT2D eigenvalue weighted by Crippen LogP contribution is -2.50. The summed E-state index contributed by atoms with van der Waals surface area (Å²) >= 11 is 0. The highest BCUT2D eigenvalue weighted by molar-refractivity contribution is 7.86. The molecule has 1 fully saturated rings. The molecule has 0 saturated carbocycles. The third-order valence-electron chi connectivity index (χ3n) is 4.97. The van der Waals surface area contributed by atoms with Gasteiger partial charge >= 0.3 is 0 Å². The smallest absolute Gasteiger partial charge is 0.281 e. The van der Waals surface area contributed by atoms with Gasteiger partial charge in [-0.1, -0.05) is 18.2 Å². The van der Waals surface area contributed by atoms with Gasteiger partial charge in [0, 0.05) is 38.9 Å². The van der Waals surface area contributed by atoms with E-state index in [1.165, 1.54) is 28.3 Å². The number of benzene rings is 1. The van der Waals surface area contributed by atoms with Gasteiger partial charge in [-0.3, -0.25) is 4.79 Å². The van der Waals surface area contributed by atoms with Crippen molar-refractivity contribution >= 4 is 21.8 Å². The minimum absolute atomic E-state index is 0.0473. The van der Waals surface area contributed by atoms with E-state index in [-0.39, 0.29) is 24.4 Å². The monoisotopic (exact) mass is 351 g/mol. The lowest BCUT2D eigenvalue weighted by Gasteiger charge is -2.35. The van der Waals surface area contributed by atoms with E-state index < -0.39 is 10.2 Å². The Balaban J connectivity index is 1.81. The van der Waals surface area contributed by atoms with Gasteiger partial charge < -0.3 is 4.90 Å². The Morgan fingerprint density at radius 1 is 1.25 bits per heavy atom. The van der Waals surface area contributed by atoms with E-state index in [9.17, 15) is 13.2 Å². The van der Waals surface area contributed by atoms with Gasteiger partial charge in [0.1, 0.15) is 0 Å². The zero-order valence-corrected chi connectivity index (χ0v) is 15.3. The highest BCUT2D eigenvalue weighted by Gasteiger charge is 2.39. The zero-order valence-electron chi connectivity index (χ0n) is 14.5. The van der Waals surface area contributed by atoms with Crippen molar-refractivity contribution in [2.75, 3.05) is 32.1 Å². The van der Waals surface area contributed by atoms with Gasteiger partial charge in [-0.2, -0.15) is 17.0 Å². The third-order valence-corrected chi connectivity index (χ3v) is 6.87. The normalized spacial score (nSPS) is 25.1. The minimum Gasteiger partial charge on any atom is -0.309 e. The van der Waals surface area contributed by atoms with Crippen molar-refractivity contribution in [3.63, 3.8) is 0 Å². The molecule has 132 valence electrons. The molecular weight excluding hydrogens is 326 g/mol. The first kappa shape index (κ1) is 17.4. The van der Waals surface area contributed by atoms with Gasteiger partial charge in [0.15, 0.2) is 0 Å². The van der Waals surface area contributed by atoms with Crippen molar-refractivity contribution in [3.05, 3.63) is 29.8 Å². The first-order valence-electron chi connectivity index (χ1n) is 8.41. The van der Waals surface area contributed by atoms with Gasteiger partial charge in [-0.25, -0.2) is 0 Å². The number of piperidine rings is 1. The number of fused-ring (bicyclic) bond motifs is 1. The summed E-state index contributed by atoms with van der Waals surface area (Å²) < 4.78 is 27.4. The van der Waals surface area contributed by atoms with Gasteiger partial charge in [-0.15, -0.1) is 0 Å². The van der Waals surface area contributed by atoms with Crippen LogP contribution < -0.4 is 4.90 Å². The maximum absolute atomic E-state index is 13.1. The number of rotatable bonds is 3. The summed E-state index contributed by atoms with van der Waals surface area (Å²) in [6.45, 7) is 2.80. The van der Waals surface area contributed by atoms with Gasteiger partial charge in [0.05, 0.1) is 5.92 Å². The van der Waals surface area contributed by atoms with Crippen molar-refractivity contribution in [1.82, 2.24) is 8.61 Å². The van der Waals surface area contributed by atoms with Crippen LogP contribution in [-0.2, 0) is 21.4 Å². The number of amides is 1. The van der Waals surface area contributed by atoms with E-state index in [0.29, 0.717) is 13.0 Å². The second-order valence-electron chi connectivity index (χ2n) is 6.88. The van der Waals surface area contributed by atoms with Crippen LogP contribution in [0.3, 0.4) is 0 Å². The molecule has 0 radical (unpaired) electrons. The average Bonchev–Trinajstić information content (AvgIpc) is 2.90. The van der Waals surface area contributed by atoms with Crippen molar-refractivity contribution in [3.8, 4) is 0 Å². The lowest BCUT2D eigenvalue weighted by atomic mass is 9.97. The molecule has 1 saturated heterocycles. The molecule has 2 aliphatic rings. The maximum atomic E-state index is 13.1. The van der Waals surface area contributed by atoms with Crippen LogP contribution >= 0.6 is 0 Å². The second kappa shape index (κ2) is 6.46. The highest BCUT2D eigenvalue weighted by atomic mass is 32.2. The molecule has 1 aromatic rings. The Bertz CT molecular complexity index is 732. The Kier molecular flexibility index (Phi) is 4.68. The first-order valence-corrected chi connectivity index (χ1v) is 9.80. The molecule has 0 spiro atoms. The van der Waals surface area contributed by atoms with Gasteiger partial charge in [0.2, 0.25) is 5.91 Å². The van der Waals surface area contributed by atoms with E-state index >= 15 is 0 Å². The predicted octanol–water partition coefficient (Wildman–Crippen LogP) is 1.48. The Labute approximate surface area is 144 Å². The van der Waals surface area contributed by atoms with Crippen LogP contribution in [0.25, 0.3) is 0 Å².